The third kappa shape index (κ3) is 7.00. The summed E-state index contributed by atoms with van der Waals surface area (Å²) >= 11 is 0. The second-order valence-electron chi connectivity index (χ2n) is 9.90. The van der Waals surface area contributed by atoms with Crippen LogP contribution in [0.3, 0.4) is 0 Å². The summed E-state index contributed by atoms with van der Waals surface area (Å²) < 4.78 is 37.1. The zero-order chi connectivity index (χ0) is 28.8. The van der Waals surface area contributed by atoms with Gasteiger partial charge in [0.05, 0.1) is 23.9 Å². The van der Waals surface area contributed by atoms with Crippen LogP contribution in [0.5, 0.6) is 0 Å². The van der Waals surface area contributed by atoms with Gasteiger partial charge < -0.3 is 14.5 Å². The van der Waals surface area contributed by atoms with Crippen molar-refractivity contribution in [2.45, 2.75) is 58.7 Å². The molecule has 1 spiro atoms. The minimum absolute atomic E-state index is 0.00901. The number of allylic oxidation sites excluding steroid dienone is 5. The minimum atomic E-state index is -4.00. The number of H-pyrrole nitrogens is 1. The topological polar surface area (TPSA) is 78.5 Å². The van der Waals surface area contributed by atoms with Gasteiger partial charge in [-0.3, -0.25) is 9.89 Å². The zero-order valence-electron chi connectivity index (χ0n) is 22.6. The summed E-state index contributed by atoms with van der Waals surface area (Å²) in [5.41, 5.74) is 3.62. The molecule has 0 bridgehead atoms. The molecule has 0 radical (unpaired) electrons. The van der Waals surface area contributed by atoms with Gasteiger partial charge in [-0.1, -0.05) is 25.3 Å². The average molecular weight is 545 g/mol. The minimum Gasteiger partial charge on any atom is -0.491 e. The molecule has 0 atom stereocenters. The largest absolute Gasteiger partial charge is 0.491 e. The first-order valence-corrected chi connectivity index (χ1v) is 12.8. The van der Waals surface area contributed by atoms with Crippen LogP contribution in [-0.2, 0) is 14.3 Å². The monoisotopic (exact) mass is 544 g/mol. The number of nitrogens with zero attached hydrogens (tertiary/aromatic N) is 3. The van der Waals surface area contributed by atoms with Gasteiger partial charge in [0, 0.05) is 38.6 Å². The number of rotatable bonds is 8. The SMILES string of the molecule is C=C/C=C1\C(=C/C)C2(CC(OC(=C)/C=C\c3[nH]ncc3C)C2)C(=O)N1CC(=C=O)N1CCCC1.CC(F)(F)F. The Labute approximate surface area is 227 Å². The fourth-order valence-electron chi connectivity index (χ4n) is 5.23. The van der Waals surface area contributed by atoms with E-state index in [4.69, 9.17) is 4.74 Å². The third-order valence-electron chi connectivity index (χ3n) is 6.99. The first-order valence-electron chi connectivity index (χ1n) is 12.8. The maximum absolute atomic E-state index is 13.7. The Bertz CT molecular complexity index is 1220. The molecule has 1 aromatic rings. The normalized spacial score (nSPS) is 24.7. The maximum atomic E-state index is 13.7. The van der Waals surface area contributed by atoms with Crippen molar-refractivity contribution < 1.29 is 27.5 Å². The molecule has 4 rings (SSSR count). The Kier molecular flexibility index (Phi) is 9.45. The maximum Gasteiger partial charge on any atom is 0.386 e. The summed E-state index contributed by atoms with van der Waals surface area (Å²) in [7, 11) is 0. The third-order valence-corrected chi connectivity index (χ3v) is 6.99. The van der Waals surface area contributed by atoms with E-state index in [0.29, 0.717) is 24.3 Å². The summed E-state index contributed by atoms with van der Waals surface area (Å²) in [6, 6.07) is 0. The van der Waals surface area contributed by atoms with E-state index >= 15 is 0 Å². The van der Waals surface area contributed by atoms with Gasteiger partial charge >= 0.3 is 6.18 Å². The van der Waals surface area contributed by atoms with Crippen molar-refractivity contribution in [3.05, 3.63) is 77.6 Å². The van der Waals surface area contributed by atoms with Crippen molar-refractivity contribution in [2.24, 2.45) is 5.41 Å². The Hall–Kier alpha value is -3.78. The van der Waals surface area contributed by atoms with Crippen LogP contribution < -0.4 is 0 Å². The number of amides is 1. The van der Waals surface area contributed by atoms with Gasteiger partial charge in [0.2, 0.25) is 5.91 Å². The van der Waals surface area contributed by atoms with Crippen LogP contribution in [0.15, 0.2) is 66.4 Å². The van der Waals surface area contributed by atoms with E-state index in [1.165, 1.54) is 0 Å². The van der Waals surface area contributed by atoms with Gasteiger partial charge in [-0.15, -0.1) is 0 Å². The Morgan fingerprint density at radius 1 is 1.33 bits per heavy atom. The molecule has 39 heavy (non-hydrogen) atoms. The summed E-state index contributed by atoms with van der Waals surface area (Å²) in [6.45, 7) is 13.8. The van der Waals surface area contributed by atoms with Gasteiger partial charge in [-0.05, 0) is 56.1 Å². The Morgan fingerprint density at radius 3 is 2.49 bits per heavy atom. The van der Waals surface area contributed by atoms with Crippen LogP contribution in [0.25, 0.3) is 6.08 Å². The molecule has 2 saturated heterocycles. The molecule has 0 unspecified atom stereocenters. The second-order valence-corrected chi connectivity index (χ2v) is 9.90. The van der Waals surface area contributed by atoms with Crippen molar-refractivity contribution in [3.8, 4) is 0 Å². The summed E-state index contributed by atoms with van der Waals surface area (Å²) in [5.74, 6) is 2.64. The average Bonchev–Trinajstić information content (AvgIpc) is 3.56. The number of carbonyl (C=O) groups excluding carboxylic acids is 2. The van der Waals surface area contributed by atoms with Gasteiger partial charge in [-0.25, -0.2) is 4.79 Å². The van der Waals surface area contributed by atoms with E-state index < -0.39 is 11.6 Å². The fraction of sp³-hybridized carbons (Fsp3) is 0.448. The van der Waals surface area contributed by atoms with E-state index in [-0.39, 0.29) is 25.5 Å². The zero-order valence-corrected chi connectivity index (χ0v) is 22.6. The molecule has 3 aliphatic rings. The molecule has 1 N–H and O–H groups in total. The van der Waals surface area contributed by atoms with E-state index in [1.807, 2.05) is 43.1 Å². The van der Waals surface area contributed by atoms with Crippen molar-refractivity contribution in [3.63, 3.8) is 0 Å². The van der Waals surface area contributed by atoms with Crippen molar-refractivity contribution >= 4 is 17.9 Å². The lowest BCUT2D eigenvalue weighted by atomic mass is 9.62. The lowest BCUT2D eigenvalue weighted by molar-refractivity contribution is -0.144. The van der Waals surface area contributed by atoms with Crippen molar-refractivity contribution in [1.82, 2.24) is 20.0 Å². The van der Waals surface area contributed by atoms with Crippen LogP contribution in [-0.4, -0.2) is 63.8 Å². The molecule has 2 aliphatic heterocycles. The van der Waals surface area contributed by atoms with E-state index in [2.05, 4.69) is 29.3 Å². The molecular formula is C29H35F3N4O3. The number of carbonyl (C=O) groups is 1. The standard InChI is InChI=1S/C27H32N4O3.C2H3F3/c1-5-9-25-23(6-2)27(26(33)31(25)17-21(18-32)30-12-7-8-13-30)14-22(15-27)34-20(4)10-11-24-19(3)16-28-29-24;1-2(3,4)5/h5-6,9-11,16,22H,1,4,7-8,12-15,17H2,2-3H3,(H,28,29);1H3/b11-10-,23-6+,25-9+;. The van der Waals surface area contributed by atoms with Crippen LogP contribution in [0.2, 0.25) is 0 Å². The van der Waals surface area contributed by atoms with Gasteiger partial charge in [0.1, 0.15) is 23.5 Å². The first-order chi connectivity index (χ1) is 18.4. The number of alkyl halides is 3. The highest BCUT2D eigenvalue weighted by atomic mass is 19.4. The molecule has 1 amide bonds. The van der Waals surface area contributed by atoms with Crippen LogP contribution in [0.1, 0.15) is 50.8 Å². The Morgan fingerprint density at radius 2 is 1.97 bits per heavy atom. The van der Waals surface area contributed by atoms with Gasteiger partial charge in [0.25, 0.3) is 0 Å². The number of aromatic amines is 1. The Balaban J connectivity index is 0.000000771. The van der Waals surface area contributed by atoms with Crippen LogP contribution in [0.4, 0.5) is 13.2 Å². The molecule has 3 fully saturated rings. The quantitative estimate of drug-likeness (QED) is 0.260. The van der Waals surface area contributed by atoms with Crippen molar-refractivity contribution in [1.29, 1.82) is 0 Å². The molecule has 1 aliphatic carbocycles. The van der Waals surface area contributed by atoms with Crippen molar-refractivity contribution in [2.75, 3.05) is 19.6 Å². The highest BCUT2D eigenvalue weighted by Gasteiger charge is 2.61. The molecular weight excluding hydrogens is 509 g/mol. The number of nitrogens with one attached hydrogen (secondary N) is 1. The van der Waals surface area contributed by atoms with Crippen LogP contribution >= 0.6 is 0 Å². The number of halogens is 3. The molecule has 10 heteroatoms. The highest BCUT2D eigenvalue weighted by molar-refractivity contribution is 5.95. The number of aryl methyl sites for hydroxylation is 1. The summed E-state index contributed by atoms with van der Waals surface area (Å²) in [4.78, 5) is 29.2. The fourth-order valence-corrected chi connectivity index (χ4v) is 5.23. The predicted octanol–water partition coefficient (Wildman–Crippen LogP) is 5.65. The predicted molar refractivity (Wildman–Crippen MR) is 144 cm³/mol. The van der Waals surface area contributed by atoms with E-state index in [9.17, 15) is 22.8 Å². The molecule has 7 nitrogen and oxygen atoms in total. The molecule has 1 aromatic heterocycles. The first kappa shape index (κ1) is 29.8. The number of ether oxygens (including phenoxy) is 1. The summed E-state index contributed by atoms with van der Waals surface area (Å²) in [6.07, 6.45) is 10.1. The lowest BCUT2D eigenvalue weighted by Crippen LogP contribution is -2.49. The van der Waals surface area contributed by atoms with Crippen LogP contribution in [0, 0.1) is 12.3 Å². The molecule has 3 heterocycles. The summed E-state index contributed by atoms with van der Waals surface area (Å²) in [5, 5.41) is 6.93. The number of hydrogen-bond acceptors (Lipinski definition) is 5. The number of hydrogen-bond donors (Lipinski definition) is 1. The smallest absolute Gasteiger partial charge is 0.386 e. The molecule has 1 saturated carbocycles. The number of aromatic nitrogens is 2. The van der Waals surface area contributed by atoms with Gasteiger partial charge in [0.15, 0.2) is 0 Å². The molecule has 0 aromatic carbocycles. The highest BCUT2D eigenvalue weighted by Crippen LogP contribution is 2.57. The van der Waals surface area contributed by atoms with E-state index in [0.717, 1.165) is 48.5 Å². The second kappa shape index (κ2) is 12.4. The van der Waals surface area contributed by atoms with Gasteiger partial charge in [-0.2, -0.15) is 18.3 Å². The van der Waals surface area contributed by atoms with E-state index in [1.54, 1.807) is 17.2 Å². The lowest BCUT2D eigenvalue weighted by Gasteiger charge is -2.43. The number of likely N-dealkylation sites (tertiary alicyclic amines) is 2. The molecule has 210 valence electrons.